The van der Waals surface area contributed by atoms with Gasteiger partial charge in [-0.1, -0.05) is 30.7 Å². The fourth-order valence-electron chi connectivity index (χ4n) is 5.59. The number of halogens is 2. The highest BCUT2D eigenvalue weighted by Gasteiger charge is 2.40. The van der Waals surface area contributed by atoms with Crippen molar-refractivity contribution in [3.63, 3.8) is 0 Å². The monoisotopic (exact) mass is 441 g/mol. The Morgan fingerprint density at radius 2 is 1.69 bits per heavy atom. The van der Waals surface area contributed by atoms with Gasteiger partial charge in [-0.25, -0.2) is 0 Å². The number of fused-ring (bicyclic) bond motifs is 2. The van der Waals surface area contributed by atoms with Gasteiger partial charge in [0.05, 0.1) is 0 Å². The smallest absolute Gasteiger partial charge is 0.223 e. The third-order valence-electron chi connectivity index (χ3n) is 7.37. The van der Waals surface area contributed by atoms with Gasteiger partial charge in [0.2, 0.25) is 5.91 Å². The van der Waals surface area contributed by atoms with Crippen molar-refractivity contribution in [2.24, 2.45) is 23.5 Å². The van der Waals surface area contributed by atoms with Gasteiger partial charge in [-0.15, -0.1) is 24.8 Å². The molecule has 1 aliphatic heterocycles. The van der Waals surface area contributed by atoms with Crippen LogP contribution in [0.2, 0.25) is 0 Å². The number of carbonyl (C=O) groups excluding carboxylic acids is 1. The summed E-state index contributed by atoms with van der Waals surface area (Å²) in [4.78, 5) is 15.4. The van der Waals surface area contributed by atoms with Crippen molar-refractivity contribution >= 4 is 30.7 Å². The minimum atomic E-state index is 0. The first-order chi connectivity index (χ1) is 13.1. The van der Waals surface area contributed by atoms with Gasteiger partial charge >= 0.3 is 0 Å². The number of aryl methyl sites for hydroxylation is 1. The van der Waals surface area contributed by atoms with E-state index in [1.165, 1.54) is 30.4 Å². The Morgan fingerprint density at radius 3 is 2.31 bits per heavy atom. The zero-order chi connectivity index (χ0) is 18.8. The van der Waals surface area contributed by atoms with Gasteiger partial charge in [-0.05, 0) is 68.4 Å². The molecule has 4 nitrogen and oxygen atoms in total. The van der Waals surface area contributed by atoms with Crippen LogP contribution >= 0.6 is 24.8 Å². The zero-order valence-electron chi connectivity index (χ0n) is 17.5. The molecular weight excluding hydrogens is 405 g/mol. The number of benzene rings is 1. The molecule has 3 N–H and O–H groups in total. The van der Waals surface area contributed by atoms with E-state index in [1.54, 1.807) is 0 Å². The molecule has 1 amide bonds. The van der Waals surface area contributed by atoms with E-state index in [1.807, 2.05) is 0 Å². The number of rotatable bonds is 4. The molecule has 29 heavy (non-hydrogen) atoms. The summed E-state index contributed by atoms with van der Waals surface area (Å²) in [5.74, 6) is 1.65. The van der Waals surface area contributed by atoms with E-state index in [4.69, 9.17) is 5.73 Å². The Morgan fingerprint density at radius 1 is 1.07 bits per heavy atom. The highest BCUT2D eigenvalue weighted by Crippen LogP contribution is 2.42. The molecule has 2 unspecified atom stereocenters. The van der Waals surface area contributed by atoms with Crippen LogP contribution in [0.1, 0.15) is 56.1 Å². The normalized spacial score (nSPS) is 30.0. The van der Waals surface area contributed by atoms with Crippen LogP contribution in [0, 0.1) is 24.7 Å². The van der Waals surface area contributed by atoms with Gasteiger partial charge in [0.1, 0.15) is 0 Å². The van der Waals surface area contributed by atoms with Crippen LogP contribution in [0.3, 0.4) is 0 Å². The molecule has 2 atom stereocenters. The first-order valence-electron chi connectivity index (χ1n) is 10.9. The summed E-state index contributed by atoms with van der Waals surface area (Å²) in [6.07, 6.45) is 7.90. The summed E-state index contributed by atoms with van der Waals surface area (Å²) in [6, 6.07) is 9.34. The Kier molecular flexibility index (Phi) is 9.27. The minimum absolute atomic E-state index is 0. The summed E-state index contributed by atoms with van der Waals surface area (Å²) < 4.78 is 0. The van der Waals surface area contributed by atoms with E-state index in [-0.39, 0.29) is 30.7 Å². The summed E-state index contributed by atoms with van der Waals surface area (Å²) in [5, 5.41) is 3.38. The van der Waals surface area contributed by atoms with Crippen molar-refractivity contribution < 1.29 is 4.79 Å². The lowest BCUT2D eigenvalue weighted by atomic mass is 9.65. The van der Waals surface area contributed by atoms with E-state index < -0.39 is 0 Å². The largest absolute Gasteiger partial charge is 0.353 e. The predicted molar refractivity (Wildman–Crippen MR) is 124 cm³/mol. The molecule has 0 radical (unpaired) electrons. The van der Waals surface area contributed by atoms with Gasteiger partial charge in [0.15, 0.2) is 0 Å². The molecule has 0 aromatic heterocycles. The maximum Gasteiger partial charge on any atom is 0.223 e. The molecule has 3 fully saturated rings. The second-order valence-corrected chi connectivity index (χ2v) is 9.18. The van der Waals surface area contributed by atoms with Gasteiger partial charge in [-0.3, -0.25) is 9.69 Å². The number of likely N-dealkylation sites (tertiary alicyclic amines) is 1. The fourth-order valence-corrected chi connectivity index (χ4v) is 5.59. The Hall–Kier alpha value is -0.810. The van der Waals surface area contributed by atoms with E-state index in [2.05, 4.69) is 41.4 Å². The van der Waals surface area contributed by atoms with E-state index >= 15 is 0 Å². The molecule has 0 spiro atoms. The molecule has 1 saturated heterocycles. The van der Waals surface area contributed by atoms with Crippen LogP contribution in [-0.2, 0) is 11.3 Å². The van der Waals surface area contributed by atoms with Gasteiger partial charge in [0.25, 0.3) is 0 Å². The van der Waals surface area contributed by atoms with E-state index in [0.29, 0.717) is 29.8 Å². The number of hydrogen-bond acceptors (Lipinski definition) is 3. The van der Waals surface area contributed by atoms with Crippen molar-refractivity contribution in [1.82, 2.24) is 10.2 Å². The second-order valence-electron chi connectivity index (χ2n) is 9.18. The molecule has 1 heterocycles. The van der Waals surface area contributed by atoms with E-state index in [0.717, 1.165) is 45.3 Å². The molecule has 164 valence electrons. The number of carbonyl (C=O) groups is 1. The summed E-state index contributed by atoms with van der Waals surface area (Å²) >= 11 is 0. The third kappa shape index (κ3) is 5.88. The van der Waals surface area contributed by atoms with E-state index in [9.17, 15) is 4.79 Å². The summed E-state index contributed by atoms with van der Waals surface area (Å²) in [7, 11) is 0. The van der Waals surface area contributed by atoms with Gasteiger partial charge in [0, 0.05) is 37.6 Å². The van der Waals surface area contributed by atoms with Crippen molar-refractivity contribution in [3.8, 4) is 0 Å². The lowest BCUT2D eigenvalue weighted by molar-refractivity contribution is -0.129. The minimum Gasteiger partial charge on any atom is -0.353 e. The Labute approximate surface area is 188 Å². The number of piperidine rings is 1. The van der Waals surface area contributed by atoms with Crippen molar-refractivity contribution in [3.05, 3.63) is 35.4 Å². The second kappa shape index (κ2) is 11.0. The fraction of sp³-hybridized carbons (Fsp3) is 0.696. The van der Waals surface area contributed by atoms with Crippen molar-refractivity contribution in [2.45, 2.75) is 70.5 Å². The van der Waals surface area contributed by atoms with Crippen molar-refractivity contribution in [2.75, 3.05) is 13.1 Å². The topological polar surface area (TPSA) is 58.4 Å². The quantitative estimate of drug-likeness (QED) is 0.739. The van der Waals surface area contributed by atoms with Crippen molar-refractivity contribution in [1.29, 1.82) is 0 Å². The highest BCUT2D eigenvalue weighted by molar-refractivity contribution is 5.85. The third-order valence-corrected chi connectivity index (χ3v) is 7.37. The molecular formula is C23H37Cl2N3O. The van der Waals surface area contributed by atoms with Crippen LogP contribution in [0.5, 0.6) is 0 Å². The van der Waals surface area contributed by atoms with Crippen LogP contribution < -0.4 is 11.1 Å². The van der Waals surface area contributed by atoms with Gasteiger partial charge < -0.3 is 11.1 Å². The molecule has 4 rings (SSSR count). The summed E-state index contributed by atoms with van der Waals surface area (Å²) in [6.45, 7) is 5.35. The number of nitrogens with one attached hydrogen (secondary N) is 1. The van der Waals surface area contributed by atoms with Gasteiger partial charge in [-0.2, -0.15) is 0 Å². The van der Waals surface area contributed by atoms with Crippen LogP contribution in [0.25, 0.3) is 0 Å². The summed E-state index contributed by atoms with van der Waals surface area (Å²) in [5.41, 5.74) is 9.17. The lowest BCUT2D eigenvalue weighted by Crippen LogP contribution is -2.51. The van der Waals surface area contributed by atoms with Crippen LogP contribution in [0.4, 0.5) is 0 Å². The zero-order valence-corrected chi connectivity index (χ0v) is 19.1. The first-order valence-corrected chi connectivity index (χ1v) is 10.9. The molecule has 2 saturated carbocycles. The molecule has 1 aromatic rings. The van der Waals surface area contributed by atoms with Crippen LogP contribution in [-0.4, -0.2) is 36.0 Å². The Balaban J connectivity index is 0.00000150. The standard InChI is InChI=1S/C23H35N3O.2ClH/c1-16-5-2-3-6-19(16)15-26-11-9-21(10-12-26)25-23(27)20-13-17-7-4-8-18(14-20)22(17)24;;/h2-3,5-6,17-18,20-22H,4,7-15,24H2,1H3,(H,25,27);2*1H. The maximum atomic E-state index is 12.9. The number of hydrogen-bond donors (Lipinski definition) is 2. The molecule has 3 aliphatic rings. The average Bonchev–Trinajstić information content (AvgIpc) is 2.65. The molecule has 2 bridgehead atoms. The average molecular weight is 442 g/mol. The maximum absolute atomic E-state index is 12.9. The van der Waals surface area contributed by atoms with Crippen LogP contribution in [0.15, 0.2) is 24.3 Å². The molecule has 2 aliphatic carbocycles. The highest BCUT2D eigenvalue weighted by atomic mass is 35.5. The Bertz CT molecular complexity index is 649. The number of nitrogens with zero attached hydrogens (tertiary/aromatic N) is 1. The molecule has 1 aromatic carbocycles. The number of nitrogens with two attached hydrogens (primary N) is 1. The lowest BCUT2D eigenvalue weighted by Gasteiger charge is -2.44. The molecule has 6 heteroatoms. The first kappa shape index (κ1) is 24.5. The number of amides is 1. The predicted octanol–water partition coefficient (Wildman–Crippen LogP) is 4.07. The SMILES string of the molecule is Cc1ccccc1CN1CCC(NC(=O)C2CC3CCCC(C2)C3N)CC1.Cl.Cl.